The molecule has 2 aliphatic heterocycles. The summed E-state index contributed by atoms with van der Waals surface area (Å²) >= 11 is 1.89. The molecular formula is C13H26ClN3O3S2. The predicted octanol–water partition coefficient (Wildman–Crippen LogP) is 0.291. The third kappa shape index (κ3) is 7.04. The van der Waals surface area contributed by atoms with Crippen molar-refractivity contribution >= 4 is 40.1 Å². The van der Waals surface area contributed by atoms with Crippen molar-refractivity contribution in [3.05, 3.63) is 0 Å². The lowest BCUT2D eigenvalue weighted by atomic mass is 9.98. The molecule has 1 amide bonds. The summed E-state index contributed by atoms with van der Waals surface area (Å²) in [6.07, 6.45) is 3.66. The molecule has 0 aromatic rings. The summed E-state index contributed by atoms with van der Waals surface area (Å²) in [5.41, 5.74) is 0. The first kappa shape index (κ1) is 20.0. The number of halogens is 1. The molecule has 2 heterocycles. The average Bonchev–Trinajstić information content (AvgIpc) is 2.46. The molecule has 2 rings (SSSR count). The van der Waals surface area contributed by atoms with Gasteiger partial charge in [0, 0.05) is 50.1 Å². The Balaban J connectivity index is 0.00000242. The summed E-state index contributed by atoms with van der Waals surface area (Å²) in [6.45, 7) is 2.87. The van der Waals surface area contributed by atoms with Crippen LogP contribution in [0.4, 0.5) is 0 Å². The van der Waals surface area contributed by atoms with E-state index in [-0.39, 0.29) is 30.3 Å². The highest BCUT2D eigenvalue weighted by Crippen LogP contribution is 2.18. The van der Waals surface area contributed by atoms with E-state index < -0.39 is 10.0 Å². The maximum absolute atomic E-state index is 12.4. The van der Waals surface area contributed by atoms with E-state index in [9.17, 15) is 13.2 Å². The molecule has 2 N–H and O–H groups in total. The van der Waals surface area contributed by atoms with Gasteiger partial charge in [-0.3, -0.25) is 4.79 Å². The fraction of sp³-hybridized carbons (Fsp3) is 0.923. The molecule has 2 saturated heterocycles. The number of thioether (sulfide) groups is 1. The Hall–Kier alpha value is -0.0200. The van der Waals surface area contributed by atoms with E-state index in [1.54, 1.807) is 0 Å². The zero-order valence-corrected chi connectivity index (χ0v) is 15.4. The quantitative estimate of drug-likeness (QED) is 0.726. The second-order valence-electron chi connectivity index (χ2n) is 5.90. The number of carbonyl (C=O) groups is 1. The number of nitrogens with zero attached hydrogens (tertiary/aromatic N) is 1. The molecule has 0 aromatic carbocycles. The Morgan fingerprint density at radius 3 is 2.86 bits per heavy atom. The third-order valence-corrected chi connectivity index (χ3v) is 5.75. The highest BCUT2D eigenvalue weighted by molar-refractivity contribution is 7.99. The van der Waals surface area contributed by atoms with Gasteiger partial charge in [-0.1, -0.05) is 0 Å². The number of nitrogens with one attached hydrogen (secondary N) is 2. The molecule has 0 radical (unpaired) electrons. The summed E-state index contributed by atoms with van der Waals surface area (Å²) in [6, 6.07) is 0.283. The molecule has 0 bridgehead atoms. The van der Waals surface area contributed by atoms with Crippen molar-refractivity contribution in [2.75, 3.05) is 43.9 Å². The second kappa shape index (κ2) is 9.32. The molecule has 6 nitrogen and oxygen atoms in total. The Labute approximate surface area is 143 Å². The number of hydrogen-bond acceptors (Lipinski definition) is 5. The van der Waals surface area contributed by atoms with E-state index in [0.717, 1.165) is 37.4 Å². The van der Waals surface area contributed by atoms with Crippen LogP contribution in [0.2, 0.25) is 0 Å². The van der Waals surface area contributed by atoms with Gasteiger partial charge < -0.3 is 10.2 Å². The summed E-state index contributed by atoms with van der Waals surface area (Å²) in [5, 5.41) is 3.39. The van der Waals surface area contributed by atoms with Gasteiger partial charge in [-0.25, -0.2) is 13.1 Å². The Morgan fingerprint density at radius 1 is 1.45 bits per heavy atom. The number of rotatable bonds is 5. The van der Waals surface area contributed by atoms with Crippen molar-refractivity contribution in [1.82, 2.24) is 14.9 Å². The van der Waals surface area contributed by atoms with Gasteiger partial charge >= 0.3 is 0 Å². The van der Waals surface area contributed by atoms with Crippen molar-refractivity contribution < 1.29 is 13.2 Å². The van der Waals surface area contributed by atoms with Gasteiger partial charge in [0.1, 0.15) is 0 Å². The number of likely N-dealkylation sites (tertiary alicyclic amines) is 1. The lowest BCUT2D eigenvalue weighted by Crippen LogP contribution is -2.47. The van der Waals surface area contributed by atoms with Gasteiger partial charge in [-0.2, -0.15) is 11.8 Å². The predicted molar refractivity (Wildman–Crippen MR) is 93.1 cm³/mol. The Kier molecular flexibility index (Phi) is 8.48. The minimum absolute atomic E-state index is 0. The summed E-state index contributed by atoms with van der Waals surface area (Å²) < 4.78 is 24.9. The van der Waals surface area contributed by atoms with Crippen LogP contribution < -0.4 is 10.0 Å². The smallest absolute Gasteiger partial charge is 0.224 e. The van der Waals surface area contributed by atoms with Crippen LogP contribution >= 0.6 is 24.2 Å². The van der Waals surface area contributed by atoms with E-state index in [4.69, 9.17) is 0 Å². The molecule has 2 aliphatic rings. The van der Waals surface area contributed by atoms with Gasteiger partial charge in [0.25, 0.3) is 0 Å². The Morgan fingerprint density at radius 2 is 2.23 bits per heavy atom. The summed E-state index contributed by atoms with van der Waals surface area (Å²) in [5.74, 6) is 2.54. The number of carbonyl (C=O) groups excluding carboxylic acids is 1. The number of amides is 1. The van der Waals surface area contributed by atoms with Gasteiger partial charge in [0.15, 0.2) is 0 Å². The lowest BCUT2D eigenvalue weighted by Gasteiger charge is -2.34. The van der Waals surface area contributed by atoms with Crippen molar-refractivity contribution in [3.63, 3.8) is 0 Å². The molecule has 0 spiro atoms. The molecule has 0 aromatic heterocycles. The topological polar surface area (TPSA) is 78.5 Å². The van der Waals surface area contributed by atoms with Gasteiger partial charge in [0.05, 0.1) is 6.26 Å². The Bertz CT molecular complexity index is 455. The summed E-state index contributed by atoms with van der Waals surface area (Å²) in [4.78, 5) is 14.3. The fourth-order valence-electron chi connectivity index (χ4n) is 2.82. The first-order valence-corrected chi connectivity index (χ1v) is 10.5. The monoisotopic (exact) mass is 371 g/mol. The third-order valence-electron chi connectivity index (χ3n) is 3.93. The first-order chi connectivity index (χ1) is 9.94. The van der Waals surface area contributed by atoms with Crippen LogP contribution in [0.15, 0.2) is 0 Å². The molecule has 9 heteroatoms. The normalized spacial score (nSPS) is 26.3. The van der Waals surface area contributed by atoms with E-state index in [2.05, 4.69) is 10.0 Å². The van der Waals surface area contributed by atoms with Crippen molar-refractivity contribution in [1.29, 1.82) is 0 Å². The summed E-state index contributed by atoms with van der Waals surface area (Å²) in [7, 11) is -3.15. The highest BCUT2D eigenvalue weighted by atomic mass is 35.5. The van der Waals surface area contributed by atoms with E-state index in [1.807, 2.05) is 16.7 Å². The van der Waals surface area contributed by atoms with Crippen LogP contribution in [0.1, 0.15) is 19.3 Å². The second-order valence-corrected chi connectivity index (χ2v) is 8.88. The van der Waals surface area contributed by atoms with Gasteiger partial charge in [-0.15, -0.1) is 12.4 Å². The van der Waals surface area contributed by atoms with Crippen molar-refractivity contribution in [2.45, 2.75) is 25.3 Å². The zero-order chi connectivity index (χ0) is 15.3. The number of hydrogen-bond donors (Lipinski definition) is 2. The van der Waals surface area contributed by atoms with Crippen LogP contribution in [0.3, 0.4) is 0 Å². The van der Waals surface area contributed by atoms with E-state index in [0.29, 0.717) is 19.5 Å². The van der Waals surface area contributed by atoms with Crippen LogP contribution in [-0.4, -0.2) is 69.2 Å². The van der Waals surface area contributed by atoms with Crippen LogP contribution in [-0.2, 0) is 14.8 Å². The highest BCUT2D eigenvalue weighted by Gasteiger charge is 2.26. The molecule has 2 atom stereocenters. The molecule has 22 heavy (non-hydrogen) atoms. The minimum Gasteiger partial charge on any atom is -0.342 e. The van der Waals surface area contributed by atoms with Gasteiger partial charge in [-0.05, 0) is 18.8 Å². The zero-order valence-electron chi connectivity index (χ0n) is 12.9. The molecule has 0 aliphatic carbocycles. The van der Waals surface area contributed by atoms with Crippen LogP contribution in [0.25, 0.3) is 0 Å². The van der Waals surface area contributed by atoms with E-state index >= 15 is 0 Å². The van der Waals surface area contributed by atoms with E-state index in [1.165, 1.54) is 6.26 Å². The fourth-order valence-corrected chi connectivity index (χ4v) is 4.31. The maximum Gasteiger partial charge on any atom is 0.224 e. The van der Waals surface area contributed by atoms with Crippen LogP contribution in [0, 0.1) is 5.92 Å². The number of sulfonamides is 1. The largest absolute Gasteiger partial charge is 0.342 e. The lowest BCUT2D eigenvalue weighted by molar-refractivity contribution is -0.133. The number of piperidine rings is 1. The van der Waals surface area contributed by atoms with Crippen molar-refractivity contribution in [3.8, 4) is 0 Å². The first-order valence-electron chi connectivity index (χ1n) is 7.47. The average molecular weight is 372 g/mol. The SMILES string of the molecule is CS(=O)(=O)NCC1CCCN(C(=O)CC2CSCCN2)C1.Cl. The van der Waals surface area contributed by atoms with Crippen LogP contribution in [0.5, 0.6) is 0 Å². The molecular weight excluding hydrogens is 346 g/mol. The standard InChI is InChI=1S/C13H25N3O3S2.ClH/c1-21(18,19)15-8-11-3-2-5-16(9-11)13(17)7-12-10-20-6-4-14-12;/h11-12,14-15H,2-10H2,1H3;1H. The van der Waals surface area contributed by atoms with Gasteiger partial charge in [0.2, 0.25) is 15.9 Å². The van der Waals surface area contributed by atoms with Crippen molar-refractivity contribution in [2.24, 2.45) is 5.92 Å². The molecule has 2 unspecified atom stereocenters. The molecule has 0 saturated carbocycles. The molecule has 130 valence electrons. The minimum atomic E-state index is -3.15. The maximum atomic E-state index is 12.4. The molecule has 2 fully saturated rings.